The van der Waals surface area contributed by atoms with Gasteiger partial charge >= 0.3 is 0 Å². The van der Waals surface area contributed by atoms with Gasteiger partial charge in [0.15, 0.2) is 0 Å². The first-order valence-corrected chi connectivity index (χ1v) is 9.09. The summed E-state index contributed by atoms with van der Waals surface area (Å²) in [6, 6.07) is 8.44. The van der Waals surface area contributed by atoms with Gasteiger partial charge in [-0.05, 0) is 53.1 Å². The van der Waals surface area contributed by atoms with Crippen molar-refractivity contribution in [2.45, 2.75) is 45.4 Å². The molecule has 26 heavy (non-hydrogen) atoms. The van der Waals surface area contributed by atoms with Gasteiger partial charge in [0.05, 0.1) is 5.52 Å². The molecule has 4 heteroatoms. The van der Waals surface area contributed by atoms with Crippen molar-refractivity contribution in [3.63, 3.8) is 0 Å². The maximum absolute atomic E-state index is 4.75. The molecule has 0 fully saturated rings. The van der Waals surface area contributed by atoms with Gasteiger partial charge in [-0.1, -0.05) is 27.7 Å². The van der Waals surface area contributed by atoms with E-state index in [0.717, 1.165) is 28.7 Å². The molecule has 0 bridgehead atoms. The number of hydrogen-bond acceptors (Lipinski definition) is 3. The van der Waals surface area contributed by atoms with E-state index in [1.807, 2.05) is 24.8 Å². The van der Waals surface area contributed by atoms with E-state index in [4.69, 9.17) is 4.98 Å². The normalized spacial score (nSPS) is 13.4. The first-order valence-electron chi connectivity index (χ1n) is 9.09. The fraction of sp³-hybridized carbons (Fsp3) is 0.318. The highest BCUT2D eigenvalue weighted by atomic mass is 14.8. The van der Waals surface area contributed by atoms with Crippen LogP contribution in [0.3, 0.4) is 0 Å². The molecule has 0 saturated heterocycles. The lowest BCUT2D eigenvalue weighted by atomic mass is 9.85. The molecule has 0 aliphatic carbocycles. The first-order chi connectivity index (χ1) is 12.4. The maximum Gasteiger partial charge on any atom is 0.137 e. The van der Waals surface area contributed by atoms with Crippen LogP contribution in [0.2, 0.25) is 0 Å². The highest BCUT2D eigenvalue weighted by Crippen LogP contribution is 2.30. The number of nitrogens with zero attached hydrogens (tertiary/aromatic N) is 3. The molecule has 4 aromatic heterocycles. The minimum atomic E-state index is 0.0780. The lowest BCUT2D eigenvalue weighted by molar-refractivity contribution is 0.595. The summed E-state index contributed by atoms with van der Waals surface area (Å²) in [5.74, 6) is 0.354. The zero-order valence-electron chi connectivity index (χ0n) is 15.7. The molecule has 1 unspecified atom stereocenters. The molecule has 4 rings (SSSR count). The smallest absolute Gasteiger partial charge is 0.137 e. The van der Waals surface area contributed by atoms with Crippen LogP contribution in [0.4, 0.5) is 0 Å². The van der Waals surface area contributed by atoms with Crippen LogP contribution >= 0.6 is 0 Å². The molecule has 0 spiro atoms. The molecule has 4 aromatic rings. The average Bonchev–Trinajstić information content (AvgIpc) is 3.08. The largest absolute Gasteiger partial charge is 0.346 e. The highest BCUT2D eigenvalue weighted by Gasteiger charge is 2.18. The van der Waals surface area contributed by atoms with Crippen LogP contribution in [0.1, 0.15) is 50.4 Å². The number of pyridine rings is 3. The number of fused-ring (bicyclic) bond motifs is 2. The Labute approximate surface area is 153 Å². The molecule has 4 heterocycles. The summed E-state index contributed by atoms with van der Waals surface area (Å²) in [5.41, 5.74) is 5.71. The molecule has 4 nitrogen and oxygen atoms in total. The molecule has 132 valence electrons. The molecular weight excluding hydrogens is 320 g/mol. The standard InChI is InChI=1S/C22H24N4/c1-14(16-5-8-24-21-17(16)6-9-25-21)11-15-12-20-18(13-26-15)19(7-10-23-20)22(2,3)4/h5-10,12-14H,11H2,1-4H3,(H,24,25). The van der Waals surface area contributed by atoms with Gasteiger partial charge in [-0.15, -0.1) is 0 Å². The molecule has 1 atom stereocenters. The Morgan fingerprint density at radius 3 is 2.62 bits per heavy atom. The SMILES string of the molecule is CC(Cc1cc2nccc(C(C)(C)C)c2cn1)c1ccnc2[nH]ccc12. The van der Waals surface area contributed by atoms with Crippen molar-refractivity contribution in [2.75, 3.05) is 0 Å². The molecular formula is C22H24N4. The van der Waals surface area contributed by atoms with Crippen LogP contribution in [0, 0.1) is 0 Å². The van der Waals surface area contributed by atoms with Crippen molar-refractivity contribution in [2.24, 2.45) is 0 Å². The van der Waals surface area contributed by atoms with Crippen molar-refractivity contribution in [1.82, 2.24) is 19.9 Å². The van der Waals surface area contributed by atoms with Crippen molar-refractivity contribution >= 4 is 21.9 Å². The number of rotatable bonds is 3. The summed E-state index contributed by atoms with van der Waals surface area (Å²) < 4.78 is 0. The summed E-state index contributed by atoms with van der Waals surface area (Å²) >= 11 is 0. The van der Waals surface area contributed by atoms with Gasteiger partial charge in [0.1, 0.15) is 5.65 Å². The molecule has 0 aliphatic heterocycles. The lowest BCUT2D eigenvalue weighted by Crippen LogP contribution is -2.12. The van der Waals surface area contributed by atoms with Gasteiger partial charge in [0.25, 0.3) is 0 Å². The van der Waals surface area contributed by atoms with Crippen LogP contribution in [-0.2, 0) is 11.8 Å². The van der Waals surface area contributed by atoms with E-state index in [9.17, 15) is 0 Å². The quantitative estimate of drug-likeness (QED) is 0.559. The van der Waals surface area contributed by atoms with E-state index in [1.54, 1.807) is 0 Å². The predicted molar refractivity (Wildman–Crippen MR) is 106 cm³/mol. The minimum absolute atomic E-state index is 0.0780. The third-order valence-corrected chi connectivity index (χ3v) is 5.03. The number of aromatic amines is 1. The average molecular weight is 344 g/mol. The van der Waals surface area contributed by atoms with E-state index in [2.05, 4.69) is 66.9 Å². The molecule has 0 saturated carbocycles. The van der Waals surface area contributed by atoms with E-state index in [0.29, 0.717) is 5.92 Å². The number of nitrogens with one attached hydrogen (secondary N) is 1. The van der Waals surface area contributed by atoms with Crippen LogP contribution in [0.25, 0.3) is 21.9 Å². The fourth-order valence-electron chi connectivity index (χ4n) is 3.68. The predicted octanol–water partition coefficient (Wildman–Crippen LogP) is 5.15. The van der Waals surface area contributed by atoms with Gasteiger partial charge < -0.3 is 4.98 Å². The third kappa shape index (κ3) is 2.96. The second-order valence-corrected chi connectivity index (χ2v) is 8.05. The second-order valence-electron chi connectivity index (χ2n) is 8.05. The minimum Gasteiger partial charge on any atom is -0.346 e. The maximum atomic E-state index is 4.75. The van der Waals surface area contributed by atoms with E-state index in [1.165, 1.54) is 16.5 Å². The van der Waals surface area contributed by atoms with E-state index >= 15 is 0 Å². The van der Waals surface area contributed by atoms with Gasteiger partial charge in [-0.2, -0.15) is 0 Å². The van der Waals surface area contributed by atoms with Crippen LogP contribution in [-0.4, -0.2) is 19.9 Å². The van der Waals surface area contributed by atoms with E-state index in [-0.39, 0.29) is 5.41 Å². The molecule has 0 radical (unpaired) electrons. The topological polar surface area (TPSA) is 54.5 Å². The first kappa shape index (κ1) is 16.7. The molecule has 1 N–H and O–H groups in total. The Morgan fingerprint density at radius 2 is 1.81 bits per heavy atom. The van der Waals surface area contributed by atoms with Crippen LogP contribution in [0.5, 0.6) is 0 Å². The summed E-state index contributed by atoms with van der Waals surface area (Å²) in [4.78, 5) is 16.9. The summed E-state index contributed by atoms with van der Waals surface area (Å²) in [7, 11) is 0. The zero-order valence-corrected chi connectivity index (χ0v) is 15.7. The number of H-pyrrole nitrogens is 1. The Kier molecular flexibility index (Phi) is 3.98. The Bertz CT molecular complexity index is 1070. The monoisotopic (exact) mass is 344 g/mol. The van der Waals surface area contributed by atoms with E-state index < -0.39 is 0 Å². The Balaban J connectivity index is 1.68. The van der Waals surface area contributed by atoms with Crippen molar-refractivity contribution < 1.29 is 0 Å². The Hall–Kier alpha value is -2.75. The third-order valence-electron chi connectivity index (χ3n) is 5.03. The highest BCUT2D eigenvalue weighted by molar-refractivity contribution is 5.82. The Morgan fingerprint density at radius 1 is 1.00 bits per heavy atom. The fourth-order valence-corrected chi connectivity index (χ4v) is 3.68. The molecule has 0 aliphatic rings. The van der Waals surface area contributed by atoms with Gasteiger partial charge in [0, 0.05) is 41.3 Å². The lowest BCUT2D eigenvalue weighted by Gasteiger charge is -2.21. The summed E-state index contributed by atoms with van der Waals surface area (Å²) in [5, 5.41) is 2.34. The van der Waals surface area contributed by atoms with Crippen LogP contribution < -0.4 is 0 Å². The van der Waals surface area contributed by atoms with Crippen molar-refractivity contribution in [1.29, 1.82) is 0 Å². The number of hydrogen-bond donors (Lipinski definition) is 1. The van der Waals surface area contributed by atoms with Gasteiger partial charge in [-0.25, -0.2) is 4.98 Å². The number of aromatic nitrogens is 4. The van der Waals surface area contributed by atoms with Crippen LogP contribution in [0.15, 0.2) is 49.1 Å². The van der Waals surface area contributed by atoms with Crippen molar-refractivity contribution in [3.8, 4) is 0 Å². The zero-order chi connectivity index (χ0) is 18.3. The molecule has 0 amide bonds. The second kappa shape index (κ2) is 6.20. The summed E-state index contributed by atoms with van der Waals surface area (Å²) in [6.07, 6.45) is 8.59. The van der Waals surface area contributed by atoms with Gasteiger partial charge in [-0.3, -0.25) is 9.97 Å². The van der Waals surface area contributed by atoms with Gasteiger partial charge in [0.2, 0.25) is 0 Å². The summed E-state index contributed by atoms with van der Waals surface area (Å²) in [6.45, 7) is 8.92. The molecule has 0 aromatic carbocycles. The van der Waals surface area contributed by atoms with Crippen molar-refractivity contribution in [3.05, 3.63) is 65.9 Å².